The van der Waals surface area contributed by atoms with Gasteiger partial charge in [-0.05, 0) is 26.2 Å². The maximum Gasteiger partial charge on any atom is 0.328 e. The summed E-state index contributed by atoms with van der Waals surface area (Å²) < 4.78 is 15.7. The van der Waals surface area contributed by atoms with Crippen molar-refractivity contribution in [3.8, 4) is 17.8 Å². The SMILES string of the molecule is COc1cc(OC)nc(OC2=C(C(N)=O)[N+](C)(OC)C(N(C)C)C=C2)n1. The van der Waals surface area contributed by atoms with Crippen LogP contribution in [0, 0.1) is 0 Å². The number of nitrogens with zero attached hydrogens (tertiary/aromatic N) is 4. The molecule has 0 aliphatic carbocycles. The Morgan fingerprint density at radius 2 is 1.77 bits per heavy atom. The fourth-order valence-corrected chi connectivity index (χ4v) is 2.74. The first-order valence-electron chi connectivity index (χ1n) is 7.73. The zero-order chi connectivity index (χ0) is 19.5. The minimum atomic E-state index is -0.685. The van der Waals surface area contributed by atoms with E-state index in [1.165, 1.54) is 27.4 Å². The summed E-state index contributed by atoms with van der Waals surface area (Å²) in [4.78, 5) is 27.9. The number of hydroxylamine groups is 3. The molecule has 0 saturated carbocycles. The molecule has 1 aliphatic heterocycles. The number of rotatable bonds is 7. The van der Waals surface area contributed by atoms with Gasteiger partial charge in [-0.25, -0.2) is 0 Å². The smallest absolute Gasteiger partial charge is 0.328 e. The molecule has 1 aromatic heterocycles. The van der Waals surface area contributed by atoms with Crippen molar-refractivity contribution in [1.29, 1.82) is 0 Å². The molecule has 1 amide bonds. The summed E-state index contributed by atoms with van der Waals surface area (Å²) >= 11 is 0. The maximum absolute atomic E-state index is 12.2. The van der Waals surface area contributed by atoms with Crippen LogP contribution in [0.3, 0.4) is 0 Å². The van der Waals surface area contributed by atoms with Crippen LogP contribution < -0.4 is 19.9 Å². The van der Waals surface area contributed by atoms with Gasteiger partial charge >= 0.3 is 11.9 Å². The highest BCUT2D eigenvalue weighted by atomic mass is 16.7. The molecule has 0 fully saturated rings. The van der Waals surface area contributed by atoms with Gasteiger partial charge in [-0.1, -0.05) is 0 Å². The van der Waals surface area contributed by atoms with E-state index in [9.17, 15) is 4.79 Å². The summed E-state index contributed by atoms with van der Waals surface area (Å²) in [5, 5.41) is 0. The lowest BCUT2D eigenvalue weighted by Gasteiger charge is -2.40. The van der Waals surface area contributed by atoms with Gasteiger partial charge in [-0.3, -0.25) is 9.69 Å². The van der Waals surface area contributed by atoms with Gasteiger partial charge in [0.2, 0.25) is 17.5 Å². The Labute approximate surface area is 152 Å². The minimum Gasteiger partial charge on any atom is -0.481 e. The summed E-state index contributed by atoms with van der Waals surface area (Å²) in [6.45, 7) is 0. The summed E-state index contributed by atoms with van der Waals surface area (Å²) in [7, 11) is 9.85. The van der Waals surface area contributed by atoms with Crippen LogP contribution in [0.25, 0.3) is 0 Å². The Bertz CT molecular complexity index is 726. The number of aromatic nitrogens is 2. The maximum atomic E-state index is 12.2. The van der Waals surface area contributed by atoms with E-state index >= 15 is 0 Å². The first-order valence-corrected chi connectivity index (χ1v) is 7.73. The van der Waals surface area contributed by atoms with Crippen molar-refractivity contribution in [1.82, 2.24) is 14.9 Å². The summed E-state index contributed by atoms with van der Waals surface area (Å²) in [5.74, 6) is -0.00304. The van der Waals surface area contributed by atoms with Crippen molar-refractivity contribution < 1.29 is 28.5 Å². The monoisotopic (exact) mass is 366 g/mol. The normalized spacial score (nSPS) is 22.5. The van der Waals surface area contributed by atoms with Gasteiger partial charge in [0.25, 0.3) is 5.70 Å². The average Bonchev–Trinajstić information content (AvgIpc) is 2.60. The van der Waals surface area contributed by atoms with Crippen LogP contribution in [0.4, 0.5) is 0 Å². The summed E-state index contributed by atoms with van der Waals surface area (Å²) in [5.41, 5.74) is 5.75. The van der Waals surface area contributed by atoms with Crippen LogP contribution in [0.1, 0.15) is 0 Å². The Morgan fingerprint density at radius 3 is 2.19 bits per heavy atom. The number of hydrogen-bond acceptors (Lipinski definition) is 8. The van der Waals surface area contributed by atoms with Crippen LogP contribution >= 0.6 is 0 Å². The second-order valence-electron chi connectivity index (χ2n) is 5.82. The number of hydrogen-bond donors (Lipinski definition) is 1. The molecule has 0 saturated heterocycles. The first-order chi connectivity index (χ1) is 12.3. The van der Waals surface area contributed by atoms with Crippen molar-refractivity contribution in [3.63, 3.8) is 0 Å². The largest absolute Gasteiger partial charge is 0.481 e. The van der Waals surface area contributed by atoms with E-state index in [-0.39, 0.29) is 40.0 Å². The van der Waals surface area contributed by atoms with E-state index in [1.807, 2.05) is 25.1 Å². The number of likely N-dealkylation sites (N-methyl/N-ethyl adjacent to an activating group) is 2. The molecule has 1 aliphatic rings. The topological polar surface area (TPSA) is 109 Å². The molecule has 2 heterocycles. The Balaban J connectivity index is 2.53. The quantitative estimate of drug-likeness (QED) is 0.674. The third-order valence-electron chi connectivity index (χ3n) is 4.02. The first kappa shape index (κ1) is 19.6. The van der Waals surface area contributed by atoms with Crippen molar-refractivity contribution in [2.75, 3.05) is 42.5 Å². The summed E-state index contributed by atoms with van der Waals surface area (Å²) in [6, 6.07) is 1.45. The van der Waals surface area contributed by atoms with E-state index in [0.717, 1.165) is 0 Å². The van der Waals surface area contributed by atoms with Crippen molar-refractivity contribution in [2.24, 2.45) is 5.73 Å². The number of carbonyl (C=O) groups is 1. The van der Waals surface area contributed by atoms with Crippen LogP contribution in [0.15, 0.2) is 29.7 Å². The van der Waals surface area contributed by atoms with Crippen molar-refractivity contribution in [2.45, 2.75) is 6.17 Å². The molecule has 142 valence electrons. The molecule has 0 spiro atoms. The van der Waals surface area contributed by atoms with E-state index in [4.69, 9.17) is 24.8 Å². The van der Waals surface area contributed by atoms with Gasteiger partial charge in [0.05, 0.1) is 27.4 Å². The molecule has 0 radical (unpaired) electrons. The number of allylic oxidation sites excluding steroid dienone is 1. The number of methoxy groups -OCH3 is 2. The van der Waals surface area contributed by atoms with Crippen LogP contribution in [-0.4, -0.2) is 74.1 Å². The Kier molecular flexibility index (Phi) is 5.80. The van der Waals surface area contributed by atoms with Crippen LogP contribution in [0.5, 0.6) is 17.8 Å². The van der Waals surface area contributed by atoms with Crippen molar-refractivity contribution >= 4 is 5.91 Å². The summed E-state index contributed by atoms with van der Waals surface area (Å²) in [6.07, 6.45) is 3.19. The molecule has 26 heavy (non-hydrogen) atoms. The predicted octanol–water partition coefficient (Wildman–Crippen LogP) is 0.0350. The van der Waals surface area contributed by atoms with Gasteiger partial charge in [0.1, 0.15) is 7.05 Å². The number of nitrogens with two attached hydrogens (primary N) is 1. The van der Waals surface area contributed by atoms with Gasteiger partial charge in [0.15, 0.2) is 6.17 Å². The number of amides is 1. The zero-order valence-corrected chi connectivity index (χ0v) is 15.7. The van der Waals surface area contributed by atoms with E-state index < -0.39 is 5.91 Å². The van der Waals surface area contributed by atoms with E-state index in [0.29, 0.717) is 0 Å². The van der Waals surface area contributed by atoms with Gasteiger partial charge < -0.3 is 19.9 Å². The number of quaternary nitrogens is 1. The Hall–Kier alpha value is -2.69. The lowest BCUT2D eigenvalue weighted by Crippen LogP contribution is -2.59. The van der Waals surface area contributed by atoms with Gasteiger partial charge in [-0.15, -0.1) is 4.65 Å². The highest BCUT2D eigenvalue weighted by molar-refractivity contribution is 5.90. The lowest BCUT2D eigenvalue weighted by atomic mass is 10.1. The third-order valence-corrected chi connectivity index (χ3v) is 4.02. The highest BCUT2D eigenvalue weighted by Crippen LogP contribution is 2.31. The van der Waals surface area contributed by atoms with Gasteiger partial charge in [0, 0.05) is 0 Å². The molecule has 0 aromatic carbocycles. The standard InChI is InChI=1S/C16H23N5O5/c1-20(2)13-8-7-10(14(15(17)22)21(13,3)25-6)26-16-18-11(23-4)9-12(19-16)24-5/h7-9,13H,1-6H3,(H-,17,22)/p+1. The number of carbonyl (C=O) groups excluding carboxylic acids is 1. The molecule has 10 nitrogen and oxygen atoms in total. The van der Waals surface area contributed by atoms with E-state index in [1.54, 1.807) is 13.1 Å². The van der Waals surface area contributed by atoms with Gasteiger partial charge in [-0.2, -0.15) is 14.8 Å². The fraction of sp³-hybridized carbons (Fsp3) is 0.438. The molecule has 1 aromatic rings. The number of ether oxygens (including phenoxy) is 3. The molecular weight excluding hydrogens is 342 g/mol. The molecule has 2 atom stereocenters. The average molecular weight is 366 g/mol. The third kappa shape index (κ3) is 3.62. The second kappa shape index (κ2) is 7.68. The predicted molar refractivity (Wildman–Crippen MR) is 91.8 cm³/mol. The van der Waals surface area contributed by atoms with Crippen LogP contribution in [0.2, 0.25) is 0 Å². The molecule has 10 heteroatoms. The molecule has 2 N–H and O–H groups in total. The fourth-order valence-electron chi connectivity index (χ4n) is 2.74. The molecule has 2 unspecified atom stereocenters. The van der Waals surface area contributed by atoms with E-state index in [2.05, 4.69) is 9.97 Å². The highest BCUT2D eigenvalue weighted by Gasteiger charge is 2.47. The Morgan fingerprint density at radius 1 is 1.19 bits per heavy atom. The lowest BCUT2D eigenvalue weighted by molar-refractivity contribution is -1.08. The molecular formula is C16H24N5O5+. The zero-order valence-electron chi connectivity index (χ0n) is 15.7. The molecule has 2 rings (SSSR count). The minimum absolute atomic E-state index is 0.0504. The van der Waals surface area contributed by atoms with Crippen molar-refractivity contribution in [3.05, 3.63) is 29.7 Å². The molecule has 0 bridgehead atoms. The van der Waals surface area contributed by atoms with Crippen LogP contribution in [-0.2, 0) is 9.63 Å². The second-order valence-corrected chi connectivity index (χ2v) is 5.82. The number of primary amides is 1.